The Morgan fingerprint density at radius 1 is 1.78 bits per heavy atom. The molecule has 0 spiro atoms. The van der Waals surface area contributed by atoms with Crippen LogP contribution in [0.5, 0.6) is 0 Å². The number of hydrogen-bond donors (Lipinski definition) is 0. The summed E-state index contributed by atoms with van der Waals surface area (Å²) < 4.78 is 0. The van der Waals surface area contributed by atoms with Crippen LogP contribution in [-0.2, 0) is 0 Å². The summed E-state index contributed by atoms with van der Waals surface area (Å²) in [7, 11) is 0. The van der Waals surface area contributed by atoms with Gasteiger partial charge >= 0.3 is 0 Å². The van der Waals surface area contributed by atoms with Crippen LogP contribution in [0.15, 0.2) is 17.1 Å². The van der Waals surface area contributed by atoms with E-state index in [4.69, 9.17) is 0 Å². The molecule has 0 N–H and O–H groups in total. The van der Waals surface area contributed by atoms with Crippen LogP contribution in [0.2, 0.25) is 0 Å². The molecule has 0 fully saturated rings. The van der Waals surface area contributed by atoms with Crippen LogP contribution in [0.3, 0.4) is 0 Å². The van der Waals surface area contributed by atoms with Crippen LogP contribution in [0.4, 0.5) is 0 Å². The highest BCUT2D eigenvalue weighted by Crippen LogP contribution is 2.09. The average Bonchev–Trinajstić information content (AvgIpc) is 1.90. The summed E-state index contributed by atoms with van der Waals surface area (Å²) in [4.78, 5) is 4.31. The predicted molar refractivity (Wildman–Crippen MR) is 40.9 cm³/mol. The minimum Gasteiger partial charge on any atom is -0.289 e. The van der Waals surface area contributed by atoms with Gasteiger partial charge in [-0.25, -0.2) is 0 Å². The molecule has 0 aromatic carbocycles. The molecule has 9 heavy (non-hydrogen) atoms. The molecular weight excluding hydrogens is 110 g/mol. The average molecular weight is 123 g/mol. The molecule has 0 aromatic heterocycles. The van der Waals surface area contributed by atoms with Crippen LogP contribution < -0.4 is 0 Å². The van der Waals surface area contributed by atoms with Crippen LogP contribution in [0, 0.1) is 5.92 Å². The minimum absolute atomic E-state index is 0.702. The molecule has 0 amide bonds. The normalized spacial score (nSPS) is 26.0. The number of rotatable bonds is 1. The number of allylic oxidation sites excluding steroid dienone is 1. The zero-order valence-electron chi connectivity index (χ0n) is 6.09. The lowest BCUT2D eigenvalue weighted by atomic mass is 10.0. The van der Waals surface area contributed by atoms with Crippen molar-refractivity contribution in [3.63, 3.8) is 0 Å². The van der Waals surface area contributed by atoms with Gasteiger partial charge in [0, 0.05) is 12.3 Å². The van der Waals surface area contributed by atoms with E-state index >= 15 is 0 Å². The number of aliphatic imine (C=N–C) groups is 1. The van der Waals surface area contributed by atoms with Gasteiger partial charge in [0.1, 0.15) is 0 Å². The fraction of sp³-hybridized carbons (Fsp3) is 0.625. The van der Waals surface area contributed by atoms with E-state index in [1.807, 2.05) is 6.92 Å². The zero-order chi connectivity index (χ0) is 6.69. The maximum Gasteiger partial charge on any atom is 0.0455 e. The van der Waals surface area contributed by atoms with E-state index in [-0.39, 0.29) is 0 Å². The van der Waals surface area contributed by atoms with E-state index in [2.05, 4.69) is 24.1 Å². The molecule has 50 valence electrons. The third-order valence-corrected chi connectivity index (χ3v) is 1.71. The van der Waals surface area contributed by atoms with Crippen molar-refractivity contribution in [2.24, 2.45) is 10.9 Å². The van der Waals surface area contributed by atoms with Gasteiger partial charge in [0.2, 0.25) is 0 Å². The third kappa shape index (κ3) is 1.67. The quantitative estimate of drug-likeness (QED) is 0.506. The van der Waals surface area contributed by atoms with Gasteiger partial charge in [-0.1, -0.05) is 13.0 Å². The first-order chi connectivity index (χ1) is 4.33. The topological polar surface area (TPSA) is 12.4 Å². The Labute approximate surface area is 56.5 Å². The second-order valence-corrected chi connectivity index (χ2v) is 2.51. The lowest BCUT2D eigenvalue weighted by Gasteiger charge is -2.10. The maximum atomic E-state index is 4.31. The summed E-state index contributed by atoms with van der Waals surface area (Å²) in [6.45, 7) is 5.24. The molecule has 0 bridgehead atoms. The molecule has 1 nitrogen and oxygen atoms in total. The second kappa shape index (κ2) is 2.81. The Bertz CT molecular complexity index is 145. The smallest absolute Gasteiger partial charge is 0.0455 e. The Balaban J connectivity index is 2.48. The van der Waals surface area contributed by atoms with Gasteiger partial charge in [0.15, 0.2) is 0 Å². The fourth-order valence-corrected chi connectivity index (χ4v) is 0.915. The fourth-order valence-electron chi connectivity index (χ4n) is 0.915. The molecule has 1 heteroatoms. The van der Waals surface area contributed by atoms with Gasteiger partial charge in [-0.2, -0.15) is 0 Å². The van der Waals surface area contributed by atoms with E-state index in [0.717, 1.165) is 6.54 Å². The van der Waals surface area contributed by atoms with Crippen molar-refractivity contribution in [3.8, 4) is 0 Å². The molecule has 1 aliphatic heterocycles. The molecule has 1 aliphatic rings. The number of dihydropyridines is 1. The van der Waals surface area contributed by atoms with Gasteiger partial charge in [0.05, 0.1) is 0 Å². The van der Waals surface area contributed by atoms with E-state index in [1.165, 1.54) is 12.1 Å². The summed E-state index contributed by atoms with van der Waals surface area (Å²) in [6.07, 6.45) is 5.58. The van der Waals surface area contributed by atoms with Crippen LogP contribution in [-0.4, -0.2) is 12.3 Å². The summed E-state index contributed by atoms with van der Waals surface area (Å²) >= 11 is 0. The van der Waals surface area contributed by atoms with Crippen molar-refractivity contribution in [2.75, 3.05) is 6.54 Å². The highest BCUT2D eigenvalue weighted by atomic mass is 14.7. The van der Waals surface area contributed by atoms with E-state index < -0.39 is 0 Å². The van der Waals surface area contributed by atoms with Gasteiger partial charge in [-0.05, 0) is 25.3 Å². The largest absolute Gasteiger partial charge is 0.289 e. The molecule has 0 aromatic rings. The van der Waals surface area contributed by atoms with Crippen molar-refractivity contribution in [1.29, 1.82) is 0 Å². The minimum atomic E-state index is 0.702. The molecular formula is C8H13N. The van der Waals surface area contributed by atoms with Crippen molar-refractivity contribution in [1.82, 2.24) is 0 Å². The van der Waals surface area contributed by atoms with Gasteiger partial charge in [0.25, 0.3) is 0 Å². The molecule has 0 radical (unpaired) electrons. The summed E-state index contributed by atoms with van der Waals surface area (Å²) in [6, 6.07) is 0. The monoisotopic (exact) mass is 123 g/mol. The van der Waals surface area contributed by atoms with Gasteiger partial charge < -0.3 is 0 Å². The molecule has 1 unspecified atom stereocenters. The molecule has 0 aliphatic carbocycles. The van der Waals surface area contributed by atoms with E-state index in [0.29, 0.717) is 5.92 Å². The Morgan fingerprint density at radius 3 is 3.00 bits per heavy atom. The lowest BCUT2D eigenvalue weighted by Crippen LogP contribution is -2.06. The lowest BCUT2D eigenvalue weighted by molar-refractivity contribution is 0.635. The first-order valence-corrected chi connectivity index (χ1v) is 3.52. The summed E-state index contributed by atoms with van der Waals surface area (Å²) in [5, 5.41) is 0. The molecule has 0 saturated heterocycles. The van der Waals surface area contributed by atoms with Crippen molar-refractivity contribution in [2.45, 2.75) is 20.3 Å². The standard InChI is InChI=1S/C8H13N/c1-3-8-5-4-7(2)9-6-8/h4-5,8H,3,6H2,1-2H3. The van der Waals surface area contributed by atoms with Gasteiger partial charge in [-0.3, -0.25) is 4.99 Å². The molecule has 1 heterocycles. The van der Waals surface area contributed by atoms with Crippen LogP contribution >= 0.6 is 0 Å². The summed E-state index contributed by atoms with van der Waals surface area (Å²) in [5.74, 6) is 0.702. The Kier molecular flexibility index (Phi) is 2.04. The second-order valence-electron chi connectivity index (χ2n) is 2.51. The zero-order valence-corrected chi connectivity index (χ0v) is 6.09. The van der Waals surface area contributed by atoms with Crippen molar-refractivity contribution < 1.29 is 0 Å². The number of hydrogen-bond acceptors (Lipinski definition) is 1. The Hall–Kier alpha value is -0.590. The van der Waals surface area contributed by atoms with Crippen LogP contribution in [0.25, 0.3) is 0 Å². The van der Waals surface area contributed by atoms with E-state index in [1.54, 1.807) is 0 Å². The molecule has 1 atom stereocenters. The Morgan fingerprint density at radius 2 is 2.56 bits per heavy atom. The van der Waals surface area contributed by atoms with Crippen molar-refractivity contribution in [3.05, 3.63) is 12.2 Å². The summed E-state index contributed by atoms with van der Waals surface area (Å²) in [5.41, 5.74) is 1.17. The first kappa shape index (κ1) is 6.53. The van der Waals surface area contributed by atoms with Crippen molar-refractivity contribution >= 4 is 5.71 Å². The number of nitrogens with zero attached hydrogens (tertiary/aromatic N) is 1. The first-order valence-electron chi connectivity index (χ1n) is 3.52. The highest BCUT2D eigenvalue weighted by Gasteiger charge is 2.03. The third-order valence-electron chi connectivity index (χ3n) is 1.71. The van der Waals surface area contributed by atoms with Gasteiger partial charge in [-0.15, -0.1) is 0 Å². The molecule has 1 rings (SSSR count). The van der Waals surface area contributed by atoms with Crippen LogP contribution in [0.1, 0.15) is 20.3 Å². The SMILES string of the molecule is CCC1C=CC(C)=NC1. The highest BCUT2D eigenvalue weighted by molar-refractivity contribution is 5.93. The van der Waals surface area contributed by atoms with E-state index in [9.17, 15) is 0 Å². The maximum absolute atomic E-state index is 4.31. The molecule has 0 saturated carbocycles. The predicted octanol–water partition coefficient (Wildman–Crippen LogP) is 2.04.